The predicted molar refractivity (Wildman–Crippen MR) is 91.9 cm³/mol. The van der Waals surface area contributed by atoms with Crippen LogP contribution in [0.3, 0.4) is 0 Å². The molecule has 11 heteroatoms. The van der Waals surface area contributed by atoms with Gasteiger partial charge in [-0.1, -0.05) is 6.07 Å². The summed E-state index contributed by atoms with van der Waals surface area (Å²) in [6.45, 7) is -0.326. The van der Waals surface area contributed by atoms with Crippen molar-refractivity contribution >= 4 is 23.4 Å². The number of hydroxylamine groups is 1. The first-order valence-corrected chi connectivity index (χ1v) is 7.61. The van der Waals surface area contributed by atoms with Crippen LogP contribution < -0.4 is 15.1 Å². The topological polar surface area (TPSA) is 136 Å². The third-order valence-corrected chi connectivity index (χ3v) is 3.94. The number of hydrogen-bond acceptors (Lipinski definition) is 6. The molecule has 140 valence electrons. The summed E-state index contributed by atoms with van der Waals surface area (Å²) in [5.41, 5.74) is 2.12. The molecule has 0 radical (unpaired) electrons. The second-order valence-electron chi connectivity index (χ2n) is 5.41. The fraction of sp³-hybridized carbons (Fsp3) is 0.125. The summed E-state index contributed by atoms with van der Waals surface area (Å²) in [5.74, 6) is -0.605. The van der Waals surface area contributed by atoms with Crippen molar-refractivity contribution in [3.63, 3.8) is 0 Å². The standard InChI is InChI=1S/C16H15FN6O4/c1-27-12-4-2-3-11(17)10(12)7-22(16(24)25)13-6-5-9(14(18)21-26)15-20-19-8-23(13)15/h2-6,8,26H,7H2,1H3,(H2,18,21)(H,24,25). The Balaban J connectivity index is 2.11. The number of aromatic nitrogens is 3. The van der Waals surface area contributed by atoms with Crippen LogP contribution in [0, 0.1) is 11.2 Å². The number of amidine groups is 1. The molecule has 0 aliphatic heterocycles. The van der Waals surface area contributed by atoms with E-state index >= 15 is 0 Å². The molecule has 1 aromatic carbocycles. The fourth-order valence-corrected chi connectivity index (χ4v) is 2.66. The van der Waals surface area contributed by atoms with E-state index in [1.165, 1.54) is 48.2 Å². The van der Waals surface area contributed by atoms with Gasteiger partial charge in [0.15, 0.2) is 11.5 Å². The van der Waals surface area contributed by atoms with E-state index in [1.807, 2.05) is 0 Å². The number of nitrogens with zero attached hydrogens (tertiary/aromatic N) is 4. The highest BCUT2D eigenvalue weighted by Crippen LogP contribution is 2.27. The monoisotopic (exact) mass is 374 g/mol. The molecule has 0 spiro atoms. The number of ether oxygens (including phenoxy) is 1. The second kappa shape index (κ2) is 7.25. The normalized spacial score (nSPS) is 10.6. The Bertz CT molecular complexity index is 1020. The minimum absolute atomic E-state index is 0.0671. The quantitative estimate of drug-likeness (QED) is 0.304. The van der Waals surface area contributed by atoms with Gasteiger partial charge in [0.1, 0.15) is 23.7 Å². The van der Waals surface area contributed by atoms with E-state index in [0.717, 1.165) is 4.90 Å². The number of nitrogens with one attached hydrogen (secondary N) is 2. The van der Waals surface area contributed by atoms with E-state index in [9.17, 15) is 14.3 Å². The summed E-state index contributed by atoms with van der Waals surface area (Å²) < 4.78 is 20.7. The summed E-state index contributed by atoms with van der Waals surface area (Å²) in [7, 11) is 1.36. The third kappa shape index (κ3) is 3.22. The summed E-state index contributed by atoms with van der Waals surface area (Å²) in [6, 6.07) is 7.01. The van der Waals surface area contributed by atoms with E-state index in [-0.39, 0.29) is 40.7 Å². The lowest BCUT2D eigenvalue weighted by Gasteiger charge is -2.22. The molecule has 2 aromatic heterocycles. The lowest BCUT2D eigenvalue weighted by Crippen LogP contribution is -2.31. The highest BCUT2D eigenvalue weighted by atomic mass is 19.1. The molecule has 27 heavy (non-hydrogen) atoms. The molecule has 4 N–H and O–H groups in total. The predicted octanol–water partition coefficient (Wildman–Crippen LogP) is 1.87. The first-order chi connectivity index (χ1) is 13.0. The van der Waals surface area contributed by atoms with Crippen molar-refractivity contribution in [2.45, 2.75) is 6.54 Å². The summed E-state index contributed by atoms with van der Waals surface area (Å²) in [6.07, 6.45) is -0.0775. The molecule has 0 aliphatic carbocycles. The average Bonchev–Trinajstić information content (AvgIpc) is 3.15. The van der Waals surface area contributed by atoms with Gasteiger partial charge in [-0.25, -0.2) is 9.18 Å². The summed E-state index contributed by atoms with van der Waals surface area (Å²) >= 11 is 0. The molecule has 0 bridgehead atoms. The van der Waals surface area contributed by atoms with Crippen molar-refractivity contribution in [1.29, 1.82) is 5.41 Å². The van der Waals surface area contributed by atoms with E-state index < -0.39 is 11.9 Å². The summed E-state index contributed by atoms with van der Waals surface area (Å²) in [5, 5.41) is 33.9. The van der Waals surface area contributed by atoms with Crippen LogP contribution in [-0.2, 0) is 6.54 Å². The van der Waals surface area contributed by atoms with Crippen LogP contribution in [0.25, 0.3) is 5.65 Å². The number of amides is 1. The van der Waals surface area contributed by atoms with Gasteiger partial charge in [0.25, 0.3) is 0 Å². The van der Waals surface area contributed by atoms with Crippen LogP contribution in [-0.4, -0.2) is 44.0 Å². The number of methoxy groups -OCH3 is 1. The largest absolute Gasteiger partial charge is 0.496 e. The highest BCUT2D eigenvalue weighted by Gasteiger charge is 2.23. The number of carbonyl (C=O) groups is 1. The van der Waals surface area contributed by atoms with Crippen LogP contribution in [0.15, 0.2) is 36.7 Å². The first kappa shape index (κ1) is 18.1. The van der Waals surface area contributed by atoms with Crippen LogP contribution in [0.1, 0.15) is 11.1 Å². The zero-order valence-corrected chi connectivity index (χ0v) is 14.0. The van der Waals surface area contributed by atoms with Crippen LogP contribution in [0.2, 0.25) is 0 Å². The Kier molecular flexibility index (Phi) is 4.86. The molecule has 0 unspecified atom stereocenters. The number of anilines is 1. The van der Waals surface area contributed by atoms with Gasteiger partial charge in [-0.3, -0.25) is 25.4 Å². The van der Waals surface area contributed by atoms with E-state index in [4.69, 9.17) is 15.4 Å². The van der Waals surface area contributed by atoms with E-state index in [1.54, 1.807) is 5.48 Å². The maximum atomic E-state index is 14.3. The number of fused-ring (bicyclic) bond motifs is 1. The molecule has 3 aromatic rings. The average molecular weight is 374 g/mol. The van der Waals surface area contributed by atoms with Gasteiger partial charge >= 0.3 is 6.09 Å². The van der Waals surface area contributed by atoms with Crippen molar-refractivity contribution in [3.05, 3.63) is 53.6 Å². The van der Waals surface area contributed by atoms with Gasteiger partial charge in [0.2, 0.25) is 0 Å². The number of carboxylic acid groups (broad SMARTS) is 1. The number of rotatable bonds is 5. The minimum Gasteiger partial charge on any atom is -0.496 e. The van der Waals surface area contributed by atoms with Crippen LogP contribution in [0.5, 0.6) is 5.75 Å². The van der Waals surface area contributed by atoms with E-state index in [0.29, 0.717) is 0 Å². The van der Waals surface area contributed by atoms with Crippen molar-refractivity contribution in [2.24, 2.45) is 0 Å². The minimum atomic E-state index is -1.33. The molecule has 0 saturated carbocycles. The molecule has 0 atom stereocenters. The molecule has 10 nitrogen and oxygen atoms in total. The molecule has 1 amide bonds. The number of pyridine rings is 1. The van der Waals surface area contributed by atoms with Gasteiger partial charge in [-0.2, -0.15) is 0 Å². The van der Waals surface area contributed by atoms with Crippen molar-refractivity contribution in [2.75, 3.05) is 12.0 Å². The fourth-order valence-electron chi connectivity index (χ4n) is 2.66. The second-order valence-corrected chi connectivity index (χ2v) is 5.41. The van der Waals surface area contributed by atoms with Crippen LogP contribution >= 0.6 is 0 Å². The lowest BCUT2D eigenvalue weighted by atomic mass is 10.1. The van der Waals surface area contributed by atoms with Crippen molar-refractivity contribution in [1.82, 2.24) is 20.1 Å². The number of halogens is 1. The first-order valence-electron chi connectivity index (χ1n) is 7.61. The molecule has 0 aliphatic rings. The van der Waals surface area contributed by atoms with E-state index in [2.05, 4.69) is 10.2 Å². The molecule has 0 fully saturated rings. The number of hydrogen-bond donors (Lipinski definition) is 4. The Morgan fingerprint density at radius 2 is 2.19 bits per heavy atom. The SMILES string of the molecule is COc1cccc(F)c1CN(C(=O)O)c1ccc(C(=N)NO)c2nncn12. The zero-order chi connectivity index (χ0) is 19.6. The van der Waals surface area contributed by atoms with Gasteiger partial charge in [0.05, 0.1) is 19.2 Å². The highest BCUT2D eigenvalue weighted by molar-refractivity contribution is 6.01. The molecular weight excluding hydrogens is 359 g/mol. The smallest absolute Gasteiger partial charge is 0.413 e. The maximum absolute atomic E-state index is 14.3. The Morgan fingerprint density at radius 3 is 2.85 bits per heavy atom. The van der Waals surface area contributed by atoms with Gasteiger partial charge in [0, 0.05) is 5.56 Å². The Hall–Kier alpha value is -3.73. The zero-order valence-electron chi connectivity index (χ0n) is 14.0. The van der Waals surface area contributed by atoms with Gasteiger partial charge in [-0.15, -0.1) is 10.2 Å². The lowest BCUT2D eigenvalue weighted by molar-refractivity contribution is 0.201. The summed E-state index contributed by atoms with van der Waals surface area (Å²) in [4.78, 5) is 12.8. The third-order valence-electron chi connectivity index (χ3n) is 3.94. The molecular formula is C16H15FN6O4. The van der Waals surface area contributed by atoms with Crippen molar-refractivity contribution < 1.29 is 24.2 Å². The number of benzene rings is 1. The van der Waals surface area contributed by atoms with Crippen molar-refractivity contribution in [3.8, 4) is 5.75 Å². The van der Waals surface area contributed by atoms with Crippen LogP contribution in [0.4, 0.5) is 15.0 Å². The molecule has 3 rings (SSSR count). The van der Waals surface area contributed by atoms with Gasteiger partial charge < -0.3 is 9.84 Å². The Labute approximate surface area is 151 Å². The molecule has 0 saturated heterocycles. The molecule has 2 heterocycles. The maximum Gasteiger partial charge on any atom is 0.413 e. The Morgan fingerprint density at radius 1 is 1.41 bits per heavy atom. The van der Waals surface area contributed by atoms with Gasteiger partial charge in [-0.05, 0) is 24.3 Å².